The molecule has 2 aromatic rings. The first-order chi connectivity index (χ1) is 12.9. The number of nitrogens with one attached hydrogen (secondary N) is 1. The topological polar surface area (TPSA) is 55.4 Å². The van der Waals surface area contributed by atoms with Gasteiger partial charge in [0.05, 0.1) is 6.42 Å². The number of aryl methyl sites for hydroxylation is 3. The molecule has 2 rings (SSSR count). The van der Waals surface area contributed by atoms with Gasteiger partial charge in [-0.3, -0.25) is 9.59 Å². The monoisotopic (exact) mass is 367 g/mol. The second kappa shape index (κ2) is 9.91. The lowest BCUT2D eigenvalue weighted by Gasteiger charge is -2.16. The molecule has 0 bridgehead atoms. The predicted molar refractivity (Wildman–Crippen MR) is 109 cm³/mol. The second-order valence-electron chi connectivity index (χ2n) is 6.98. The summed E-state index contributed by atoms with van der Waals surface area (Å²) in [6.45, 7) is 7.63. The summed E-state index contributed by atoms with van der Waals surface area (Å²) in [4.78, 5) is 24.5. The molecule has 0 aliphatic carbocycles. The Hall–Kier alpha value is -2.62. The molecule has 0 spiro atoms. The zero-order valence-electron chi connectivity index (χ0n) is 16.7. The summed E-state index contributed by atoms with van der Waals surface area (Å²) in [6.07, 6.45) is 2.69. The Labute approximate surface area is 161 Å². The molecular formula is C23H29NO3. The molecule has 0 aliphatic heterocycles. The summed E-state index contributed by atoms with van der Waals surface area (Å²) >= 11 is 0. The molecular weight excluding hydrogens is 338 g/mol. The van der Waals surface area contributed by atoms with Crippen molar-refractivity contribution in [3.05, 3.63) is 64.7 Å². The highest BCUT2D eigenvalue weighted by molar-refractivity contribution is 5.96. The number of benzene rings is 2. The normalized spacial score (nSPS) is 11.7. The molecule has 0 aromatic heterocycles. The lowest BCUT2D eigenvalue weighted by Crippen LogP contribution is -2.31. The lowest BCUT2D eigenvalue weighted by molar-refractivity contribution is -0.152. The van der Waals surface area contributed by atoms with Gasteiger partial charge in [-0.2, -0.15) is 0 Å². The SMILES string of the molecule is CCCCc1ccc(CC(=O)O[C@H](C)C(=O)Nc2c(C)cccc2C)cc1. The number of hydrogen-bond acceptors (Lipinski definition) is 3. The first-order valence-electron chi connectivity index (χ1n) is 9.55. The molecule has 4 heteroatoms. The fraction of sp³-hybridized carbons (Fsp3) is 0.391. The predicted octanol–water partition coefficient (Wildman–Crippen LogP) is 4.76. The summed E-state index contributed by atoms with van der Waals surface area (Å²) < 4.78 is 5.31. The minimum absolute atomic E-state index is 0.162. The van der Waals surface area contributed by atoms with Gasteiger partial charge in [-0.25, -0.2) is 0 Å². The maximum atomic E-state index is 12.4. The highest BCUT2D eigenvalue weighted by atomic mass is 16.5. The molecule has 0 heterocycles. The number of carbonyl (C=O) groups is 2. The molecule has 1 N–H and O–H groups in total. The summed E-state index contributed by atoms with van der Waals surface area (Å²) in [5.41, 5.74) is 4.89. The third-order valence-electron chi connectivity index (χ3n) is 4.60. The average Bonchev–Trinajstić information content (AvgIpc) is 2.64. The highest BCUT2D eigenvalue weighted by Crippen LogP contribution is 2.20. The Morgan fingerprint density at radius 1 is 1.00 bits per heavy atom. The number of ether oxygens (including phenoxy) is 1. The van der Waals surface area contributed by atoms with Crippen LogP contribution >= 0.6 is 0 Å². The van der Waals surface area contributed by atoms with Crippen LogP contribution in [0.2, 0.25) is 0 Å². The lowest BCUT2D eigenvalue weighted by atomic mass is 10.1. The van der Waals surface area contributed by atoms with E-state index in [1.165, 1.54) is 5.56 Å². The molecule has 4 nitrogen and oxygen atoms in total. The average molecular weight is 367 g/mol. The van der Waals surface area contributed by atoms with E-state index in [0.29, 0.717) is 0 Å². The zero-order chi connectivity index (χ0) is 19.8. The second-order valence-corrected chi connectivity index (χ2v) is 6.98. The molecule has 1 atom stereocenters. The zero-order valence-corrected chi connectivity index (χ0v) is 16.7. The number of rotatable bonds is 8. The third-order valence-corrected chi connectivity index (χ3v) is 4.60. The van der Waals surface area contributed by atoms with Crippen molar-refractivity contribution in [3.8, 4) is 0 Å². The van der Waals surface area contributed by atoms with Crippen LogP contribution in [-0.4, -0.2) is 18.0 Å². The molecule has 0 fully saturated rings. The van der Waals surface area contributed by atoms with Crippen LogP contribution in [-0.2, 0) is 27.2 Å². The van der Waals surface area contributed by atoms with Gasteiger partial charge in [0.15, 0.2) is 6.10 Å². The van der Waals surface area contributed by atoms with Crippen LogP contribution in [0.5, 0.6) is 0 Å². The van der Waals surface area contributed by atoms with Crippen molar-refractivity contribution >= 4 is 17.6 Å². The van der Waals surface area contributed by atoms with Crippen molar-refractivity contribution < 1.29 is 14.3 Å². The van der Waals surface area contributed by atoms with Crippen LogP contribution in [0.3, 0.4) is 0 Å². The van der Waals surface area contributed by atoms with Gasteiger partial charge in [0.25, 0.3) is 5.91 Å². The van der Waals surface area contributed by atoms with Crippen LogP contribution in [0.1, 0.15) is 48.9 Å². The van der Waals surface area contributed by atoms with E-state index in [9.17, 15) is 9.59 Å². The summed E-state index contributed by atoms with van der Waals surface area (Å²) in [7, 11) is 0. The van der Waals surface area contributed by atoms with E-state index in [1.807, 2.05) is 44.2 Å². The minimum Gasteiger partial charge on any atom is -0.452 e. The van der Waals surface area contributed by atoms with Crippen LogP contribution in [0.15, 0.2) is 42.5 Å². The molecule has 1 amide bonds. The van der Waals surface area contributed by atoms with Crippen LogP contribution in [0.25, 0.3) is 0 Å². The first-order valence-corrected chi connectivity index (χ1v) is 9.55. The summed E-state index contributed by atoms with van der Waals surface area (Å²) in [6, 6.07) is 13.8. The van der Waals surface area contributed by atoms with Gasteiger partial charge in [0, 0.05) is 5.69 Å². The summed E-state index contributed by atoms with van der Waals surface area (Å²) in [5, 5.41) is 2.86. The van der Waals surface area contributed by atoms with Crippen molar-refractivity contribution in [3.63, 3.8) is 0 Å². The van der Waals surface area contributed by atoms with Crippen molar-refractivity contribution in [2.45, 2.75) is 59.5 Å². The Balaban J connectivity index is 1.88. The number of hydrogen-bond donors (Lipinski definition) is 1. The maximum Gasteiger partial charge on any atom is 0.311 e. The van der Waals surface area contributed by atoms with Gasteiger partial charge in [0.1, 0.15) is 0 Å². The minimum atomic E-state index is -0.847. The maximum absolute atomic E-state index is 12.4. The number of amides is 1. The van der Waals surface area contributed by atoms with Gasteiger partial charge >= 0.3 is 5.97 Å². The van der Waals surface area contributed by atoms with Gasteiger partial charge < -0.3 is 10.1 Å². The smallest absolute Gasteiger partial charge is 0.311 e. The quantitative estimate of drug-likeness (QED) is 0.685. The van der Waals surface area contributed by atoms with E-state index >= 15 is 0 Å². The molecule has 2 aromatic carbocycles. The number of carbonyl (C=O) groups excluding carboxylic acids is 2. The van der Waals surface area contributed by atoms with E-state index in [0.717, 1.165) is 41.6 Å². The van der Waals surface area contributed by atoms with Gasteiger partial charge in [-0.1, -0.05) is 55.8 Å². The van der Waals surface area contributed by atoms with Crippen molar-refractivity contribution in [1.29, 1.82) is 0 Å². The summed E-state index contributed by atoms with van der Waals surface area (Å²) in [5.74, 6) is -0.726. The number of unbranched alkanes of at least 4 members (excludes halogenated alkanes) is 1. The van der Waals surface area contributed by atoms with E-state index in [4.69, 9.17) is 4.74 Å². The van der Waals surface area contributed by atoms with Gasteiger partial charge in [-0.15, -0.1) is 0 Å². The van der Waals surface area contributed by atoms with Crippen LogP contribution < -0.4 is 5.32 Å². The Morgan fingerprint density at radius 2 is 1.59 bits per heavy atom. The van der Waals surface area contributed by atoms with Crippen molar-refractivity contribution in [1.82, 2.24) is 0 Å². The number of anilines is 1. The first kappa shape index (κ1) is 20.7. The van der Waals surface area contributed by atoms with Crippen LogP contribution in [0, 0.1) is 13.8 Å². The standard InChI is InChI=1S/C23H29NO3/c1-5-6-10-19-11-13-20(14-12-19)15-21(25)27-18(4)23(26)24-22-16(2)8-7-9-17(22)3/h7-9,11-14,18H,5-6,10,15H2,1-4H3,(H,24,26)/t18-/m1/s1. The number of para-hydroxylation sites is 1. The number of esters is 1. The van der Waals surface area contributed by atoms with E-state index in [-0.39, 0.29) is 12.3 Å². The van der Waals surface area contributed by atoms with E-state index in [1.54, 1.807) is 6.92 Å². The van der Waals surface area contributed by atoms with Gasteiger partial charge in [0.2, 0.25) is 0 Å². The fourth-order valence-electron chi connectivity index (χ4n) is 2.90. The largest absolute Gasteiger partial charge is 0.452 e. The third kappa shape index (κ3) is 6.24. The molecule has 0 aliphatic rings. The Morgan fingerprint density at radius 3 is 2.19 bits per heavy atom. The molecule has 0 radical (unpaired) electrons. The molecule has 0 saturated heterocycles. The molecule has 0 saturated carbocycles. The fourth-order valence-corrected chi connectivity index (χ4v) is 2.90. The van der Waals surface area contributed by atoms with E-state index < -0.39 is 12.1 Å². The van der Waals surface area contributed by atoms with Gasteiger partial charge in [-0.05, 0) is 55.9 Å². The molecule has 27 heavy (non-hydrogen) atoms. The van der Waals surface area contributed by atoms with Crippen molar-refractivity contribution in [2.24, 2.45) is 0 Å². The molecule has 144 valence electrons. The highest BCUT2D eigenvalue weighted by Gasteiger charge is 2.19. The Kier molecular flexibility index (Phi) is 7.59. The van der Waals surface area contributed by atoms with Crippen molar-refractivity contribution in [2.75, 3.05) is 5.32 Å². The Bertz CT molecular complexity index is 760. The molecule has 0 unspecified atom stereocenters. The van der Waals surface area contributed by atoms with E-state index in [2.05, 4.69) is 24.4 Å². The van der Waals surface area contributed by atoms with Crippen LogP contribution in [0.4, 0.5) is 5.69 Å².